The van der Waals surface area contributed by atoms with Gasteiger partial charge in [-0.2, -0.15) is 0 Å². The average Bonchev–Trinajstić information content (AvgIpc) is 3.49. The van der Waals surface area contributed by atoms with Crippen LogP contribution in [0.15, 0.2) is 54.9 Å². The molecule has 2 aliphatic rings. The zero-order valence-corrected chi connectivity index (χ0v) is 22.1. The number of benzene rings is 2. The molecule has 1 aliphatic heterocycles. The molecule has 1 saturated heterocycles. The number of carbonyl (C=O) groups is 2. The maximum atomic E-state index is 13.4. The first-order valence-electron chi connectivity index (χ1n) is 13.4. The number of rotatable bonds is 10. The number of tetrazole rings is 1. The van der Waals surface area contributed by atoms with E-state index < -0.39 is 6.04 Å². The van der Waals surface area contributed by atoms with E-state index in [1.54, 1.807) is 24.3 Å². The van der Waals surface area contributed by atoms with Gasteiger partial charge in [-0.05, 0) is 80.0 Å². The van der Waals surface area contributed by atoms with Crippen molar-refractivity contribution >= 4 is 11.8 Å². The van der Waals surface area contributed by atoms with Crippen LogP contribution in [0.1, 0.15) is 46.7 Å². The van der Waals surface area contributed by atoms with Crippen molar-refractivity contribution in [2.75, 3.05) is 39.8 Å². The topological polar surface area (TPSA) is 108 Å². The summed E-state index contributed by atoms with van der Waals surface area (Å²) in [6, 6.07) is 15.7. The van der Waals surface area contributed by atoms with E-state index in [4.69, 9.17) is 0 Å². The standard InChI is InChI=1S/C28H36N8O2/c1-20-5-7-21(8-6-20)24-18-26(24)29-13-3-4-25(28(38)35-16-14-34(2)15-17-35)31-27(37)22-9-11-23(12-10-22)36-19-30-32-33-36/h5-12,19,24-26,29H,3-4,13-18H2,1-2H3,(H,31,37)/t24-,25-,26+/m0/s1. The Morgan fingerprint density at radius 1 is 1.03 bits per heavy atom. The van der Waals surface area contributed by atoms with Gasteiger partial charge in [0, 0.05) is 43.7 Å². The Labute approximate surface area is 223 Å². The number of nitrogens with zero attached hydrogens (tertiary/aromatic N) is 6. The summed E-state index contributed by atoms with van der Waals surface area (Å²) in [5.74, 6) is 0.311. The molecule has 38 heavy (non-hydrogen) atoms. The molecule has 200 valence electrons. The highest BCUT2D eigenvalue weighted by Crippen LogP contribution is 2.40. The highest BCUT2D eigenvalue weighted by Gasteiger charge is 2.37. The SMILES string of the molecule is Cc1ccc([C@@H]2C[C@H]2NCCC[C@H](NC(=O)c2ccc(-n3cnnn3)cc2)C(=O)N2CCN(C)CC2)cc1. The number of hydrogen-bond donors (Lipinski definition) is 2. The lowest BCUT2D eigenvalue weighted by molar-refractivity contribution is -0.135. The van der Waals surface area contributed by atoms with Crippen molar-refractivity contribution in [3.8, 4) is 5.69 Å². The van der Waals surface area contributed by atoms with Crippen LogP contribution in [-0.4, -0.2) is 93.7 Å². The number of likely N-dealkylation sites (N-methyl/N-ethyl adjacent to an activating group) is 1. The summed E-state index contributed by atoms with van der Waals surface area (Å²) < 4.78 is 1.53. The van der Waals surface area contributed by atoms with Gasteiger partial charge in [-0.25, -0.2) is 4.68 Å². The molecule has 1 aliphatic carbocycles. The number of nitrogens with one attached hydrogen (secondary N) is 2. The first-order valence-corrected chi connectivity index (χ1v) is 13.4. The summed E-state index contributed by atoms with van der Waals surface area (Å²) in [5, 5.41) is 17.8. The van der Waals surface area contributed by atoms with Gasteiger partial charge in [-0.1, -0.05) is 29.8 Å². The fourth-order valence-corrected chi connectivity index (χ4v) is 4.99. The van der Waals surface area contributed by atoms with E-state index in [-0.39, 0.29) is 11.8 Å². The summed E-state index contributed by atoms with van der Waals surface area (Å²) in [4.78, 5) is 30.6. The summed E-state index contributed by atoms with van der Waals surface area (Å²) in [6.45, 7) is 5.97. The molecule has 0 unspecified atom stereocenters. The van der Waals surface area contributed by atoms with Crippen molar-refractivity contribution in [1.82, 2.24) is 40.6 Å². The molecule has 5 rings (SSSR count). The second-order valence-corrected chi connectivity index (χ2v) is 10.4. The number of aromatic nitrogens is 4. The Morgan fingerprint density at radius 2 is 1.76 bits per heavy atom. The van der Waals surface area contributed by atoms with Crippen LogP contribution in [0.4, 0.5) is 0 Å². The van der Waals surface area contributed by atoms with E-state index in [0.717, 1.165) is 38.2 Å². The Hall–Kier alpha value is -3.63. The highest BCUT2D eigenvalue weighted by atomic mass is 16.2. The van der Waals surface area contributed by atoms with Crippen LogP contribution in [0, 0.1) is 6.92 Å². The molecule has 0 bridgehead atoms. The lowest BCUT2D eigenvalue weighted by Gasteiger charge is -2.34. The van der Waals surface area contributed by atoms with Crippen molar-refractivity contribution in [1.29, 1.82) is 0 Å². The van der Waals surface area contributed by atoms with Gasteiger partial charge in [-0.3, -0.25) is 9.59 Å². The van der Waals surface area contributed by atoms with Gasteiger partial charge in [0.2, 0.25) is 5.91 Å². The van der Waals surface area contributed by atoms with E-state index in [1.807, 2.05) is 4.90 Å². The van der Waals surface area contributed by atoms with Crippen molar-refractivity contribution in [3.05, 3.63) is 71.5 Å². The van der Waals surface area contributed by atoms with Gasteiger partial charge in [0.15, 0.2) is 0 Å². The molecule has 0 radical (unpaired) electrons. The van der Waals surface area contributed by atoms with Crippen molar-refractivity contribution in [2.45, 2.75) is 44.2 Å². The summed E-state index contributed by atoms with van der Waals surface area (Å²) in [7, 11) is 2.06. The first kappa shape index (κ1) is 26.0. The van der Waals surface area contributed by atoms with E-state index in [0.29, 0.717) is 37.0 Å². The third-order valence-corrected chi connectivity index (χ3v) is 7.53. The molecule has 3 aromatic rings. The van der Waals surface area contributed by atoms with E-state index in [9.17, 15) is 9.59 Å². The highest BCUT2D eigenvalue weighted by molar-refractivity contribution is 5.97. The van der Waals surface area contributed by atoms with Gasteiger partial charge in [0.25, 0.3) is 5.91 Å². The van der Waals surface area contributed by atoms with Crippen LogP contribution in [0.2, 0.25) is 0 Å². The zero-order chi connectivity index (χ0) is 26.5. The van der Waals surface area contributed by atoms with Crippen LogP contribution < -0.4 is 10.6 Å². The van der Waals surface area contributed by atoms with Crippen molar-refractivity contribution in [2.24, 2.45) is 0 Å². The minimum Gasteiger partial charge on any atom is -0.340 e. The second kappa shape index (κ2) is 11.8. The monoisotopic (exact) mass is 516 g/mol. The molecule has 10 heteroatoms. The zero-order valence-electron chi connectivity index (χ0n) is 22.1. The Kier molecular flexibility index (Phi) is 8.09. The van der Waals surface area contributed by atoms with E-state index in [2.05, 4.69) is 69.3 Å². The predicted molar refractivity (Wildman–Crippen MR) is 144 cm³/mol. The van der Waals surface area contributed by atoms with Crippen molar-refractivity contribution < 1.29 is 9.59 Å². The average molecular weight is 517 g/mol. The summed E-state index contributed by atoms with van der Waals surface area (Å²) in [5.41, 5.74) is 3.91. The quantitative estimate of drug-likeness (QED) is 0.396. The van der Waals surface area contributed by atoms with Gasteiger partial charge < -0.3 is 20.4 Å². The molecule has 0 spiro atoms. The van der Waals surface area contributed by atoms with Crippen LogP contribution in [0.3, 0.4) is 0 Å². The number of carbonyl (C=O) groups excluding carboxylic acids is 2. The number of amides is 2. The molecule has 2 heterocycles. The number of piperazine rings is 1. The molecule has 10 nitrogen and oxygen atoms in total. The molecule has 3 atom stereocenters. The molecule has 2 N–H and O–H groups in total. The molecule has 1 saturated carbocycles. The molecule has 2 fully saturated rings. The molecular weight excluding hydrogens is 480 g/mol. The van der Waals surface area contributed by atoms with Gasteiger partial charge in [-0.15, -0.1) is 5.10 Å². The maximum absolute atomic E-state index is 13.4. The van der Waals surface area contributed by atoms with Gasteiger partial charge >= 0.3 is 0 Å². The molecule has 2 amide bonds. The second-order valence-electron chi connectivity index (χ2n) is 10.4. The minimum atomic E-state index is -0.556. The lowest BCUT2D eigenvalue weighted by Crippen LogP contribution is -2.54. The van der Waals surface area contributed by atoms with Crippen LogP contribution >= 0.6 is 0 Å². The van der Waals surface area contributed by atoms with E-state index >= 15 is 0 Å². The fraction of sp³-hybridized carbons (Fsp3) is 0.464. The van der Waals surface area contributed by atoms with Gasteiger partial charge in [0.05, 0.1) is 5.69 Å². The number of hydrogen-bond acceptors (Lipinski definition) is 7. The third-order valence-electron chi connectivity index (χ3n) is 7.53. The maximum Gasteiger partial charge on any atom is 0.251 e. The summed E-state index contributed by atoms with van der Waals surface area (Å²) in [6.07, 6.45) is 4.04. The Bertz CT molecular complexity index is 1200. The van der Waals surface area contributed by atoms with E-state index in [1.165, 1.54) is 22.1 Å². The smallest absolute Gasteiger partial charge is 0.251 e. The predicted octanol–water partition coefficient (Wildman–Crippen LogP) is 1.77. The lowest BCUT2D eigenvalue weighted by atomic mass is 10.1. The minimum absolute atomic E-state index is 0.000661. The third kappa shape index (κ3) is 6.43. The fourth-order valence-electron chi connectivity index (χ4n) is 4.99. The Morgan fingerprint density at radius 3 is 2.45 bits per heavy atom. The van der Waals surface area contributed by atoms with Crippen LogP contribution in [0.5, 0.6) is 0 Å². The largest absolute Gasteiger partial charge is 0.340 e. The van der Waals surface area contributed by atoms with Gasteiger partial charge in [0.1, 0.15) is 12.4 Å². The van der Waals surface area contributed by atoms with Crippen LogP contribution in [0.25, 0.3) is 5.69 Å². The molecular formula is C28H36N8O2. The number of aryl methyl sites for hydroxylation is 1. The van der Waals surface area contributed by atoms with Crippen molar-refractivity contribution in [3.63, 3.8) is 0 Å². The van der Waals surface area contributed by atoms with Crippen LogP contribution in [-0.2, 0) is 4.79 Å². The Balaban J connectivity index is 1.16. The first-order chi connectivity index (χ1) is 18.5. The molecule has 2 aromatic carbocycles. The molecule has 1 aromatic heterocycles. The summed E-state index contributed by atoms with van der Waals surface area (Å²) >= 11 is 0. The normalized spacial score (nSPS) is 20.2.